The van der Waals surface area contributed by atoms with E-state index in [1.54, 1.807) is 36.4 Å². The van der Waals surface area contributed by atoms with Crippen LogP contribution in [0.2, 0.25) is 0 Å². The van der Waals surface area contributed by atoms with E-state index < -0.39 is 10.0 Å². The minimum absolute atomic E-state index is 0.207. The summed E-state index contributed by atoms with van der Waals surface area (Å²) < 4.78 is 32.7. The molecular formula is C18H18N2O3S. The Kier molecular flexibility index (Phi) is 4.15. The van der Waals surface area contributed by atoms with Crippen molar-refractivity contribution < 1.29 is 12.9 Å². The predicted octanol–water partition coefficient (Wildman–Crippen LogP) is 4.07. The molecule has 1 N–H and O–H groups in total. The van der Waals surface area contributed by atoms with E-state index in [9.17, 15) is 8.42 Å². The molecule has 6 heteroatoms. The van der Waals surface area contributed by atoms with Crippen LogP contribution in [0, 0.1) is 20.8 Å². The van der Waals surface area contributed by atoms with E-state index in [0.717, 1.165) is 22.4 Å². The Hall–Kier alpha value is -2.60. The Morgan fingerprint density at radius 2 is 1.54 bits per heavy atom. The number of anilines is 1. The van der Waals surface area contributed by atoms with Crippen LogP contribution in [0.3, 0.4) is 0 Å². The maximum absolute atomic E-state index is 12.5. The summed E-state index contributed by atoms with van der Waals surface area (Å²) in [7, 11) is -3.62. The van der Waals surface area contributed by atoms with Crippen LogP contribution in [0.4, 0.5) is 5.69 Å². The largest absolute Gasteiger partial charge is 0.361 e. The molecule has 0 bridgehead atoms. The van der Waals surface area contributed by atoms with Crippen LogP contribution in [0.1, 0.15) is 17.0 Å². The van der Waals surface area contributed by atoms with Crippen LogP contribution in [0.15, 0.2) is 57.9 Å². The molecule has 0 fully saturated rings. The third-order valence-electron chi connectivity index (χ3n) is 3.79. The minimum atomic E-state index is -3.62. The van der Waals surface area contributed by atoms with Gasteiger partial charge in [0.2, 0.25) is 0 Å². The second-order valence-corrected chi connectivity index (χ2v) is 7.38. The van der Waals surface area contributed by atoms with Gasteiger partial charge in [-0.2, -0.15) is 0 Å². The lowest BCUT2D eigenvalue weighted by molar-refractivity contribution is 0.393. The van der Waals surface area contributed by atoms with Gasteiger partial charge in [0.25, 0.3) is 10.0 Å². The fourth-order valence-electron chi connectivity index (χ4n) is 2.53. The van der Waals surface area contributed by atoms with E-state index in [1.807, 2.05) is 32.9 Å². The van der Waals surface area contributed by atoms with E-state index in [0.29, 0.717) is 11.4 Å². The van der Waals surface area contributed by atoms with Gasteiger partial charge in [0.05, 0.1) is 10.6 Å². The van der Waals surface area contributed by atoms with Crippen LogP contribution in [-0.2, 0) is 10.0 Å². The first kappa shape index (κ1) is 16.3. The van der Waals surface area contributed by atoms with Crippen molar-refractivity contribution in [3.8, 4) is 11.1 Å². The number of hydrogen-bond donors (Lipinski definition) is 1. The molecule has 0 aliphatic carbocycles. The first-order chi connectivity index (χ1) is 11.4. The number of hydrogen-bond acceptors (Lipinski definition) is 4. The minimum Gasteiger partial charge on any atom is -0.361 e. The van der Waals surface area contributed by atoms with Crippen molar-refractivity contribution in [1.29, 1.82) is 0 Å². The number of aryl methyl sites for hydroxylation is 3. The molecule has 0 aliphatic heterocycles. The van der Waals surface area contributed by atoms with Gasteiger partial charge in [-0.3, -0.25) is 4.72 Å². The number of aromatic nitrogens is 1. The molecule has 1 heterocycles. The standard InChI is InChI=1S/C18H18N2O3S/c1-12-4-8-16(9-5-12)20-24(21,22)17-10-6-15(7-11-17)18-13(2)19-23-14(18)3/h4-11,20H,1-3H3. The molecule has 0 saturated carbocycles. The van der Waals surface area contributed by atoms with Crippen molar-refractivity contribution >= 4 is 15.7 Å². The van der Waals surface area contributed by atoms with Gasteiger partial charge in [0, 0.05) is 11.3 Å². The number of nitrogens with one attached hydrogen (secondary N) is 1. The third-order valence-corrected chi connectivity index (χ3v) is 5.19. The highest BCUT2D eigenvalue weighted by atomic mass is 32.2. The maximum atomic E-state index is 12.5. The number of sulfonamides is 1. The Bertz CT molecular complexity index is 937. The topological polar surface area (TPSA) is 72.2 Å². The molecule has 0 radical (unpaired) electrons. The molecule has 124 valence electrons. The van der Waals surface area contributed by atoms with Gasteiger partial charge < -0.3 is 4.52 Å². The van der Waals surface area contributed by atoms with Gasteiger partial charge >= 0.3 is 0 Å². The highest BCUT2D eigenvalue weighted by molar-refractivity contribution is 7.92. The summed E-state index contributed by atoms with van der Waals surface area (Å²) in [6.45, 7) is 5.64. The van der Waals surface area contributed by atoms with Crippen LogP contribution >= 0.6 is 0 Å². The van der Waals surface area contributed by atoms with Gasteiger partial charge in [0.1, 0.15) is 5.76 Å². The third kappa shape index (κ3) is 3.19. The second-order valence-electron chi connectivity index (χ2n) is 5.70. The summed E-state index contributed by atoms with van der Waals surface area (Å²) in [6.07, 6.45) is 0. The summed E-state index contributed by atoms with van der Waals surface area (Å²) in [6, 6.07) is 13.9. The Morgan fingerprint density at radius 3 is 2.08 bits per heavy atom. The summed E-state index contributed by atoms with van der Waals surface area (Å²) >= 11 is 0. The molecular weight excluding hydrogens is 324 g/mol. The average Bonchev–Trinajstić information content (AvgIpc) is 2.88. The maximum Gasteiger partial charge on any atom is 0.261 e. The highest BCUT2D eigenvalue weighted by Crippen LogP contribution is 2.28. The molecule has 1 aromatic heterocycles. The fourth-order valence-corrected chi connectivity index (χ4v) is 3.59. The van der Waals surface area contributed by atoms with Crippen LogP contribution in [0.5, 0.6) is 0 Å². The quantitative estimate of drug-likeness (QED) is 0.776. The summed E-state index contributed by atoms with van der Waals surface area (Å²) in [5.41, 5.74) is 4.16. The van der Waals surface area contributed by atoms with E-state index in [4.69, 9.17) is 4.52 Å². The molecule has 3 aromatic rings. The molecule has 2 aromatic carbocycles. The molecule has 0 amide bonds. The molecule has 0 spiro atoms. The molecule has 0 atom stereocenters. The van der Waals surface area contributed by atoms with Gasteiger partial charge in [-0.05, 0) is 50.6 Å². The molecule has 0 unspecified atom stereocenters. The Morgan fingerprint density at radius 1 is 0.917 bits per heavy atom. The van der Waals surface area contributed by atoms with Crippen molar-refractivity contribution in [1.82, 2.24) is 5.16 Å². The summed E-state index contributed by atoms with van der Waals surface area (Å²) in [5, 5.41) is 3.92. The zero-order valence-corrected chi connectivity index (χ0v) is 14.5. The van der Waals surface area contributed by atoms with Crippen molar-refractivity contribution in [2.75, 3.05) is 4.72 Å². The first-order valence-electron chi connectivity index (χ1n) is 7.49. The monoisotopic (exact) mass is 342 g/mol. The van der Waals surface area contributed by atoms with Gasteiger partial charge in [-0.1, -0.05) is 35.0 Å². The van der Waals surface area contributed by atoms with Crippen molar-refractivity contribution in [2.45, 2.75) is 25.7 Å². The molecule has 5 nitrogen and oxygen atoms in total. The summed E-state index contributed by atoms with van der Waals surface area (Å²) in [5.74, 6) is 0.709. The lowest BCUT2D eigenvalue weighted by Crippen LogP contribution is -2.12. The van der Waals surface area contributed by atoms with E-state index >= 15 is 0 Å². The Balaban J connectivity index is 1.88. The van der Waals surface area contributed by atoms with Gasteiger partial charge in [-0.25, -0.2) is 8.42 Å². The van der Waals surface area contributed by atoms with E-state index in [-0.39, 0.29) is 4.90 Å². The average molecular weight is 342 g/mol. The van der Waals surface area contributed by atoms with Gasteiger partial charge in [-0.15, -0.1) is 0 Å². The van der Waals surface area contributed by atoms with Gasteiger partial charge in [0.15, 0.2) is 0 Å². The fraction of sp³-hybridized carbons (Fsp3) is 0.167. The van der Waals surface area contributed by atoms with Crippen LogP contribution < -0.4 is 4.72 Å². The zero-order chi connectivity index (χ0) is 17.3. The second kappa shape index (κ2) is 6.13. The first-order valence-corrected chi connectivity index (χ1v) is 8.98. The number of nitrogens with zero attached hydrogens (tertiary/aromatic N) is 1. The van der Waals surface area contributed by atoms with E-state index in [2.05, 4.69) is 9.88 Å². The Labute approximate surface area is 141 Å². The van der Waals surface area contributed by atoms with Crippen molar-refractivity contribution in [3.63, 3.8) is 0 Å². The van der Waals surface area contributed by atoms with Crippen molar-refractivity contribution in [2.24, 2.45) is 0 Å². The molecule has 3 rings (SSSR count). The highest BCUT2D eigenvalue weighted by Gasteiger charge is 2.16. The molecule has 0 aliphatic rings. The normalized spacial score (nSPS) is 11.5. The lowest BCUT2D eigenvalue weighted by atomic mass is 10.0. The number of rotatable bonds is 4. The molecule has 24 heavy (non-hydrogen) atoms. The van der Waals surface area contributed by atoms with Crippen LogP contribution in [-0.4, -0.2) is 13.6 Å². The molecule has 0 saturated heterocycles. The number of benzene rings is 2. The predicted molar refractivity (Wildman–Crippen MR) is 93.4 cm³/mol. The van der Waals surface area contributed by atoms with Crippen molar-refractivity contribution in [3.05, 3.63) is 65.5 Å². The summed E-state index contributed by atoms with van der Waals surface area (Å²) in [4.78, 5) is 0.207. The lowest BCUT2D eigenvalue weighted by Gasteiger charge is -2.09. The zero-order valence-electron chi connectivity index (χ0n) is 13.7. The SMILES string of the molecule is Cc1ccc(NS(=O)(=O)c2ccc(-c3c(C)noc3C)cc2)cc1. The van der Waals surface area contributed by atoms with E-state index in [1.165, 1.54) is 0 Å². The van der Waals surface area contributed by atoms with Crippen LogP contribution in [0.25, 0.3) is 11.1 Å². The smallest absolute Gasteiger partial charge is 0.261 e.